The summed E-state index contributed by atoms with van der Waals surface area (Å²) in [6, 6.07) is 9.35. The molecule has 7 nitrogen and oxygen atoms in total. The summed E-state index contributed by atoms with van der Waals surface area (Å²) in [5, 5.41) is 7.82. The van der Waals surface area contributed by atoms with E-state index in [0.29, 0.717) is 31.1 Å². The van der Waals surface area contributed by atoms with E-state index in [1.54, 1.807) is 7.05 Å². The highest BCUT2D eigenvalue weighted by Gasteiger charge is 2.23. The first-order valence-electron chi connectivity index (χ1n) is 8.95. The number of aliphatic imine (C=N–C) groups is 1. The van der Waals surface area contributed by atoms with Crippen LogP contribution >= 0.6 is 11.6 Å². The number of guanidine groups is 1. The molecule has 1 aromatic heterocycles. The van der Waals surface area contributed by atoms with Gasteiger partial charge in [-0.15, -0.1) is 0 Å². The first-order valence-corrected chi connectivity index (χ1v) is 9.33. The quantitative estimate of drug-likeness (QED) is 0.640. The van der Waals surface area contributed by atoms with Crippen molar-refractivity contribution < 1.29 is 9.32 Å². The predicted molar refractivity (Wildman–Crippen MR) is 105 cm³/mol. The largest absolute Gasteiger partial charge is 0.359 e. The van der Waals surface area contributed by atoms with Gasteiger partial charge in [0, 0.05) is 44.3 Å². The van der Waals surface area contributed by atoms with E-state index in [9.17, 15) is 4.79 Å². The zero-order chi connectivity index (χ0) is 19.2. The van der Waals surface area contributed by atoms with Crippen molar-refractivity contribution >= 4 is 23.5 Å². The number of hydrogen-bond acceptors (Lipinski definition) is 4. The van der Waals surface area contributed by atoms with Crippen LogP contribution < -0.4 is 5.32 Å². The highest BCUT2D eigenvalue weighted by atomic mass is 35.5. The van der Waals surface area contributed by atoms with Gasteiger partial charge in [-0.1, -0.05) is 28.9 Å². The van der Waals surface area contributed by atoms with Crippen LogP contribution in [0.3, 0.4) is 0 Å². The minimum Gasteiger partial charge on any atom is -0.359 e. The van der Waals surface area contributed by atoms with Crippen LogP contribution in [0.25, 0.3) is 0 Å². The number of aromatic nitrogens is 1. The normalized spacial score (nSPS) is 15.1. The molecule has 0 unspecified atom stereocenters. The maximum Gasteiger partial charge on any atom is 0.227 e. The van der Waals surface area contributed by atoms with Gasteiger partial charge in [0.05, 0.1) is 18.7 Å². The first kappa shape index (κ1) is 19.2. The van der Waals surface area contributed by atoms with E-state index >= 15 is 0 Å². The second-order valence-electron chi connectivity index (χ2n) is 6.51. The molecule has 1 fully saturated rings. The molecule has 3 rings (SSSR count). The standard InChI is InChI=1S/C19H24ClN5O2/c1-14-10-17(27-23-14)13-22-19(21-2)25-8-6-24(7-9-25)18(26)12-15-4-3-5-16(20)11-15/h3-5,10-11H,6-9,12-13H2,1-2H3,(H,21,22). The summed E-state index contributed by atoms with van der Waals surface area (Å²) in [6.07, 6.45) is 0.373. The molecule has 0 atom stereocenters. The minimum atomic E-state index is 0.122. The molecule has 144 valence electrons. The van der Waals surface area contributed by atoms with Crippen LogP contribution in [0.2, 0.25) is 5.02 Å². The Balaban J connectivity index is 1.49. The van der Waals surface area contributed by atoms with E-state index < -0.39 is 0 Å². The Morgan fingerprint density at radius 1 is 1.26 bits per heavy atom. The molecule has 1 N–H and O–H groups in total. The molecule has 1 amide bonds. The third kappa shape index (κ3) is 5.23. The number of benzene rings is 1. The van der Waals surface area contributed by atoms with Crippen molar-refractivity contribution in [1.29, 1.82) is 0 Å². The molecule has 0 bridgehead atoms. The molecule has 1 aromatic carbocycles. The Kier molecular flexibility index (Phi) is 6.34. The highest BCUT2D eigenvalue weighted by Crippen LogP contribution is 2.13. The number of amides is 1. The molecule has 1 saturated heterocycles. The summed E-state index contributed by atoms with van der Waals surface area (Å²) < 4.78 is 5.21. The van der Waals surface area contributed by atoms with Gasteiger partial charge in [-0.05, 0) is 24.6 Å². The number of halogens is 1. The van der Waals surface area contributed by atoms with Crippen molar-refractivity contribution in [3.8, 4) is 0 Å². The average molecular weight is 390 g/mol. The van der Waals surface area contributed by atoms with Crippen molar-refractivity contribution in [2.75, 3.05) is 33.2 Å². The predicted octanol–water partition coefficient (Wildman–Crippen LogP) is 2.10. The van der Waals surface area contributed by atoms with Crippen molar-refractivity contribution in [2.45, 2.75) is 19.9 Å². The van der Waals surface area contributed by atoms with Gasteiger partial charge >= 0.3 is 0 Å². The van der Waals surface area contributed by atoms with E-state index in [2.05, 4.69) is 20.4 Å². The lowest BCUT2D eigenvalue weighted by molar-refractivity contribution is -0.131. The van der Waals surface area contributed by atoms with Gasteiger partial charge in [0.2, 0.25) is 5.91 Å². The Hall–Kier alpha value is -2.54. The summed E-state index contributed by atoms with van der Waals surface area (Å²) in [4.78, 5) is 20.9. The smallest absolute Gasteiger partial charge is 0.227 e. The molecule has 0 radical (unpaired) electrons. The van der Waals surface area contributed by atoms with E-state index in [4.69, 9.17) is 16.1 Å². The van der Waals surface area contributed by atoms with Crippen LogP contribution in [0.1, 0.15) is 17.0 Å². The molecule has 2 heterocycles. The number of carbonyl (C=O) groups excluding carboxylic acids is 1. The summed E-state index contributed by atoms with van der Waals surface area (Å²) in [6.45, 7) is 5.22. The van der Waals surface area contributed by atoms with Gasteiger partial charge in [-0.25, -0.2) is 0 Å². The number of hydrogen-bond donors (Lipinski definition) is 1. The molecule has 27 heavy (non-hydrogen) atoms. The Labute approximate surface area is 164 Å². The minimum absolute atomic E-state index is 0.122. The molecule has 0 saturated carbocycles. The lowest BCUT2D eigenvalue weighted by Gasteiger charge is -2.36. The average Bonchev–Trinajstić information content (AvgIpc) is 3.08. The molecule has 1 aliphatic heterocycles. The zero-order valence-corrected chi connectivity index (χ0v) is 16.4. The lowest BCUT2D eigenvalue weighted by atomic mass is 10.1. The summed E-state index contributed by atoms with van der Waals surface area (Å²) in [5.74, 6) is 1.69. The Bertz CT molecular complexity index is 812. The first-order chi connectivity index (χ1) is 13.0. The van der Waals surface area contributed by atoms with Crippen LogP contribution in [0.5, 0.6) is 0 Å². The lowest BCUT2D eigenvalue weighted by Crippen LogP contribution is -2.53. The molecular weight excluding hydrogens is 366 g/mol. The molecule has 0 aliphatic carbocycles. The van der Waals surface area contributed by atoms with Crippen molar-refractivity contribution in [3.05, 3.63) is 52.4 Å². The molecule has 8 heteroatoms. The van der Waals surface area contributed by atoms with Crippen LogP contribution in [-0.4, -0.2) is 60.0 Å². The van der Waals surface area contributed by atoms with Gasteiger partial charge in [-0.2, -0.15) is 0 Å². The summed E-state index contributed by atoms with van der Waals surface area (Å²) >= 11 is 6.00. The number of aryl methyl sites for hydroxylation is 1. The van der Waals surface area contributed by atoms with Crippen molar-refractivity contribution in [1.82, 2.24) is 20.3 Å². The van der Waals surface area contributed by atoms with Gasteiger partial charge in [0.15, 0.2) is 11.7 Å². The fraction of sp³-hybridized carbons (Fsp3) is 0.421. The molecule has 2 aromatic rings. The SMILES string of the molecule is CN=C(NCc1cc(C)no1)N1CCN(C(=O)Cc2cccc(Cl)c2)CC1. The van der Waals surface area contributed by atoms with Gasteiger partial charge < -0.3 is 19.6 Å². The monoisotopic (exact) mass is 389 g/mol. The Morgan fingerprint density at radius 3 is 2.63 bits per heavy atom. The Morgan fingerprint density at radius 2 is 2.00 bits per heavy atom. The van der Waals surface area contributed by atoms with E-state index in [-0.39, 0.29) is 5.91 Å². The van der Waals surface area contributed by atoms with Gasteiger partial charge in [0.1, 0.15) is 0 Å². The summed E-state index contributed by atoms with van der Waals surface area (Å²) in [5.41, 5.74) is 1.79. The fourth-order valence-corrected chi connectivity index (χ4v) is 3.31. The van der Waals surface area contributed by atoms with Crippen LogP contribution in [0.4, 0.5) is 0 Å². The third-order valence-electron chi connectivity index (χ3n) is 4.49. The second-order valence-corrected chi connectivity index (χ2v) is 6.95. The van der Waals surface area contributed by atoms with Gasteiger partial charge in [-0.3, -0.25) is 9.79 Å². The molecule has 0 spiro atoms. The van der Waals surface area contributed by atoms with Crippen LogP contribution in [-0.2, 0) is 17.8 Å². The maximum atomic E-state index is 12.5. The number of rotatable bonds is 4. The van der Waals surface area contributed by atoms with Crippen molar-refractivity contribution in [3.63, 3.8) is 0 Å². The van der Waals surface area contributed by atoms with Crippen molar-refractivity contribution in [2.24, 2.45) is 4.99 Å². The van der Waals surface area contributed by atoms with E-state index in [1.807, 2.05) is 42.2 Å². The topological polar surface area (TPSA) is 74.0 Å². The number of piperazine rings is 1. The van der Waals surface area contributed by atoms with E-state index in [1.165, 1.54) is 0 Å². The number of nitrogens with one attached hydrogen (secondary N) is 1. The zero-order valence-electron chi connectivity index (χ0n) is 15.6. The van der Waals surface area contributed by atoms with E-state index in [0.717, 1.165) is 36.1 Å². The number of nitrogens with zero attached hydrogens (tertiary/aromatic N) is 4. The molecular formula is C19H24ClN5O2. The third-order valence-corrected chi connectivity index (χ3v) is 4.72. The molecule has 1 aliphatic rings. The fourth-order valence-electron chi connectivity index (χ4n) is 3.10. The van der Waals surface area contributed by atoms with Gasteiger partial charge in [0.25, 0.3) is 0 Å². The second kappa shape index (κ2) is 8.90. The van der Waals surface area contributed by atoms with Crippen LogP contribution in [0.15, 0.2) is 39.8 Å². The summed E-state index contributed by atoms with van der Waals surface area (Å²) in [7, 11) is 1.75. The number of carbonyl (C=O) groups is 1. The maximum absolute atomic E-state index is 12.5. The highest BCUT2D eigenvalue weighted by molar-refractivity contribution is 6.30. The van der Waals surface area contributed by atoms with Crippen LogP contribution in [0, 0.1) is 6.92 Å².